The van der Waals surface area contributed by atoms with Gasteiger partial charge in [0.1, 0.15) is 0 Å². The predicted octanol–water partition coefficient (Wildman–Crippen LogP) is 1.75. The molecule has 16 heavy (non-hydrogen) atoms. The van der Waals surface area contributed by atoms with Crippen LogP contribution >= 0.6 is 0 Å². The lowest BCUT2D eigenvalue weighted by Gasteiger charge is -2.29. The molecule has 1 amide bonds. The molecule has 0 aromatic rings. The van der Waals surface area contributed by atoms with Gasteiger partial charge in [-0.25, -0.2) is 4.79 Å². The third kappa shape index (κ3) is 2.48. The molecule has 92 valence electrons. The Labute approximate surface area is 97.3 Å². The third-order valence-corrected chi connectivity index (χ3v) is 3.43. The van der Waals surface area contributed by atoms with Gasteiger partial charge < -0.3 is 15.0 Å². The normalized spacial score (nSPS) is 30.1. The van der Waals surface area contributed by atoms with Gasteiger partial charge >= 0.3 is 6.09 Å². The molecule has 0 aromatic heterocycles. The van der Waals surface area contributed by atoms with Crippen LogP contribution < -0.4 is 5.32 Å². The highest BCUT2D eigenvalue weighted by Gasteiger charge is 2.36. The van der Waals surface area contributed by atoms with Crippen molar-refractivity contribution >= 4 is 6.09 Å². The van der Waals surface area contributed by atoms with E-state index in [0.29, 0.717) is 12.1 Å². The summed E-state index contributed by atoms with van der Waals surface area (Å²) in [6.45, 7) is 5.75. The first-order valence-corrected chi connectivity index (χ1v) is 6.39. The fourth-order valence-electron chi connectivity index (χ4n) is 2.75. The van der Waals surface area contributed by atoms with Crippen LogP contribution in [0.15, 0.2) is 0 Å². The average molecular weight is 226 g/mol. The Hall–Kier alpha value is -0.770. The zero-order valence-corrected chi connectivity index (χ0v) is 10.2. The molecule has 0 bridgehead atoms. The molecular weight excluding hydrogens is 204 g/mol. The number of hydrogen-bond acceptors (Lipinski definition) is 3. The summed E-state index contributed by atoms with van der Waals surface area (Å²) in [5, 5.41) is 3.49. The predicted molar refractivity (Wildman–Crippen MR) is 62.4 cm³/mol. The molecule has 0 radical (unpaired) electrons. The van der Waals surface area contributed by atoms with Crippen molar-refractivity contribution < 1.29 is 9.53 Å². The molecule has 2 atom stereocenters. The number of carbonyl (C=O) groups excluding carboxylic acids is 1. The molecule has 1 N–H and O–H groups in total. The highest BCUT2D eigenvalue weighted by Crippen LogP contribution is 2.25. The smallest absolute Gasteiger partial charge is 0.410 e. The van der Waals surface area contributed by atoms with Crippen LogP contribution in [0.25, 0.3) is 0 Å². The Bertz CT molecular complexity index is 249. The molecule has 2 aliphatic heterocycles. The second-order valence-corrected chi connectivity index (χ2v) is 5.04. The van der Waals surface area contributed by atoms with Gasteiger partial charge in [0.05, 0.1) is 12.1 Å². The minimum atomic E-state index is -0.133. The van der Waals surface area contributed by atoms with Crippen molar-refractivity contribution in [3.05, 3.63) is 0 Å². The molecule has 2 fully saturated rings. The van der Waals surface area contributed by atoms with Crippen LogP contribution in [-0.4, -0.2) is 42.3 Å². The van der Waals surface area contributed by atoms with Gasteiger partial charge in [0.15, 0.2) is 0 Å². The first kappa shape index (κ1) is 11.7. The topological polar surface area (TPSA) is 41.6 Å². The van der Waals surface area contributed by atoms with Crippen molar-refractivity contribution in [1.82, 2.24) is 10.2 Å². The van der Waals surface area contributed by atoms with Crippen LogP contribution in [0.4, 0.5) is 4.79 Å². The summed E-state index contributed by atoms with van der Waals surface area (Å²) >= 11 is 0. The molecule has 2 unspecified atom stereocenters. The van der Waals surface area contributed by atoms with E-state index in [-0.39, 0.29) is 12.2 Å². The zero-order chi connectivity index (χ0) is 11.5. The zero-order valence-electron chi connectivity index (χ0n) is 10.2. The summed E-state index contributed by atoms with van der Waals surface area (Å²) in [5.41, 5.74) is 0. The van der Waals surface area contributed by atoms with Crippen molar-refractivity contribution in [3.8, 4) is 0 Å². The number of hydrogen-bond donors (Lipinski definition) is 1. The van der Waals surface area contributed by atoms with Gasteiger partial charge in [-0.15, -0.1) is 0 Å². The van der Waals surface area contributed by atoms with Gasteiger partial charge in [-0.05, 0) is 46.1 Å². The highest BCUT2D eigenvalue weighted by molar-refractivity contribution is 5.68. The molecular formula is C12H22N2O2. The Morgan fingerprint density at radius 3 is 2.81 bits per heavy atom. The maximum Gasteiger partial charge on any atom is 0.410 e. The van der Waals surface area contributed by atoms with Crippen molar-refractivity contribution in [2.75, 3.05) is 13.1 Å². The Morgan fingerprint density at radius 1 is 1.38 bits per heavy atom. The Kier molecular flexibility index (Phi) is 3.69. The lowest BCUT2D eigenvalue weighted by molar-refractivity contribution is 0.0689. The van der Waals surface area contributed by atoms with Crippen molar-refractivity contribution in [2.24, 2.45) is 0 Å². The third-order valence-electron chi connectivity index (χ3n) is 3.43. The van der Waals surface area contributed by atoms with Crippen LogP contribution in [0.3, 0.4) is 0 Å². The summed E-state index contributed by atoms with van der Waals surface area (Å²) in [5.74, 6) is 0. The monoisotopic (exact) mass is 226 g/mol. The molecule has 0 spiro atoms. The van der Waals surface area contributed by atoms with Gasteiger partial charge in [-0.3, -0.25) is 0 Å². The molecule has 4 heteroatoms. The largest absolute Gasteiger partial charge is 0.447 e. The summed E-state index contributed by atoms with van der Waals surface area (Å²) in [6, 6.07) is 0.843. The number of nitrogens with one attached hydrogen (secondary N) is 1. The van der Waals surface area contributed by atoms with Crippen LogP contribution in [0, 0.1) is 0 Å². The number of rotatable bonds is 2. The summed E-state index contributed by atoms with van der Waals surface area (Å²) in [7, 11) is 0. The minimum absolute atomic E-state index is 0.0229. The minimum Gasteiger partial charge on any atom is -0.447 e. The number of likely N-dealkylation sites (tertiary alicyclic amines) is 1. The molecule has 2 heterocycles. The maximum absolute atomic E-state index is 11.9. The second-order valence-electron chi connectivity index (χ2n) is 5.04. The number of ether oxygens (including phenoxy) is 1. The molecule has 2 saturated heterocycles. The lowest BCUT2D eigenvalue weighted by atomic mass is 10.0. The fraction of sp³-hybridized carbons (Fsp3) is 0.917. The number of amides is 1. The second kappa shape index (κ2) is 5.04. The van der Waals surface area contributed by atoms with Crippen LogP contribution in [0.1, 0.15) is 39.5 Å². The Balaban J connectivity index is 1.94. The fourth-order valence-corrected chi connectivity index (χ4v) is 2.75. The molecule has 0 saturated carbocycles. The quantitative estimate of drug-likeness (QED) is 0.780. The van der Waals surface area contributed by atoms with Gasteiger partial charge in [-0.2, -0.15) is 0 Å². The van der Waals surface area contributed by atoms with E-state index >= 15 is 0 Å². The molecule has 2 rings (SSSR count). The molecule has 0 aromatic carbocycles. The number of nitrogens with zero attached hydrogens (tertiary/aromatic N) is 1. The van der Waals surface area contributed by atoms with Crippen LogP contribution in [-0.2, 0) is 4.74 Å². The van der Waals surface area contributed by atoms with E-state index in [9.17, 15) is 4.79 Å². The van der Waals surface area contributed by atoms with Gasteiger partial charge in [-0.1, -0.05) is 0 Å². The van der Waals surface area contributed by atoms with E-state index in [1.165, 1.54) is 12.8 Å². The first-order chi connectivity index (χ1) is 7.68. The maximum atomic E-state index is 11.9. The molecule has 0 aliphatic carbocycles. The van der Waals surface area contributed by atoms with E-state index in [1.807, 2.05) is 18.7 Å². The van der Waals surface area contributed by atoms with E-state index < -0.39 is 0 Å². The van der Waals surface area contributed by atoms with Crippen molar-refractivity contribution in [2.45, 2.75) is 57.7 Å². The van der Waals surface area contributed by atoms with Gasteiger partial charge in [0.2, 0.25) is 0 Å². The standard InChI is InChI=1S/C12H22N2O2/c1-9(2)16-12(15)14-8-4-6-11(14)10-5-3-7-13-10/h9-11,13H,3-8H2,1-2H3. The highest BCUT2D eigenvalue weighted by atomic mass is 16.6. The van der Waals surface area contributed by atoms with Crippen LogP contribution in [0.5, 0.6) is 0 Å². The van der Waals surface area contributed by atoms with E-state index in [2.05, 4.69) is 5.32 Å². The number of carbonyl (C=O) groups is 1. The van der Waals surface area contributed by atoms with Crippen LogP contribution in [0.2, 0.25) is 0 Å². The van der Waals surface area contributed by atoms with Gasteiger partial charge in [0, 0.05) is 12.6 Å². The van der Waals surface area contributed by atoms with E-state index in [4.69, 9.17) is 4.74 Å². The average Bonchev–Trinajstić information content (AvgIpc) is 2.87. The molecule has 4 nitrogen and oxygen atoms in total. The Morgan fingerprint density at radius 2 is 2.19 bits per heavy atom. The summed E-state index contributed by atoms with van der Waals surface area (Å²) in [6.07, 6.45) is 4.49. The van der Waals surface area contributed by atoms with Gasteiger partial charge in [0.25, 0.3) is 0 Å². The molecule has 2 aliphatic rings. The van der Waals surface area contributed by atoms with E-state index in [1.54, 1.807) is 0 Å². The summed E-state index contributed by atoms with van der Waals surface area (Å²) < 4.78 is 5.28. The van der Waals surface area contributed by atoms with Crippen molar-refractivity contribution in [3.63, 3.8) is 0 Å². The first-order valence-electron chi connectivity index (χ1n) is 6.39. The summed E-state index contributed by atoms with van der Waals surface area (Å²) in [4.78, 5) is 13.8. The van der Waals surface area contributed by atoms with Crippen molar-refractivity contribution in [1.29, 1.82) is 0 Å². The SMILES string of the molecule is CC(C)OC(=O)N1CCCC1C1CCCN1. The lowest BCUT2D eigenvalue weighted by Crippen LogP contribution is -2.47. The van der Waals surface area contributed by atoms with E-state index in [0.717, 1.165) is 25.9 Å².